The maximum atomic E-state index is 13.3. The van der Waals surface area contributed by atoms with Gasteiger partial charge in [-0.25, -0.2) is 0 Å². The highest BCUT2D eigenvalue weighted by atomic mass is 32.2. The lowest BCUT2D eigenvalue weighted by atomic mass is 10.1. The molecule has 2 aromatic rings. The number of rotatable bonds is 8. The molecule has 0 radical (unpaired) electrons. The number of thioether (sulfide) groups is 1. The van der Waals surface area contributed by atoms with E-state index in [9.17, 15) is 14.4 Å². The summed E-state index contributed by atoms with van der Waals surface area (Å²) < 4.78 is 0. The number of hydrogen-bond acceptors (Lipinski definition) is 5. The van der Waals surface area contributed by atoms with E-state index in [-0.39, 0.29) is 29.6 Å². The Morgan fingerprint density at radius 3 is 2.41 bits per heavy atom. The van der Waals surface area contributed by atoms with Gasteiger partial charge < -0.3 is 10.6 Å². The summed E-state index contributed by atoms with van der Waals surface area (Å²) in [5.41, 5.74) is 2.86. The number of benzene rings is 2. The maximum Gasteiger partial charge on any atom is 0.278 e. The van der Waals surface area contributed by atoms with Crippen LogP contribution in [0.5, 0.6) is 0 Å². The Morgan fingerprint density at radius 2 is 1.74 bits per heavy atom. The van der Waals surface area contributed by atoms with Crippen molar-refractivity contribution in [2.45, 2.75) is 51.3 Å². The standard InChI is InChI=1S/C27H31N3O3S/c1-17(2)16-30-26(32)23(28-20-13-11-18(3)12-14-20)24(27(30)33)34-22-10-6-9-21(15-22)29-25(31)19-7-4-5-8-19/h6,9-15,17,19,28H,4-5,7-8,16H2,1-3H3,(H,29,31). The number of hydrogen-bond donors (Lipinski definition) is 2. The van der Waals surface area contributed by atoms with Gasteiger partial charge in [-0.05, 0) is 56.0 Å². The first-order chi connectivity index (χ1) is 16.3. The third kappa shape index (κ3) is 5.53. The minimum atomic E-state index is -0.313. The number of carbonyl (C=O) groups is 3. The van der Waals surface area contributed by atoms with Gasteiger partial charge in [0.05, 0.1) is 0 Å². The van der Waals surface area contributed by atoms with Crippen molar-refractivity contribution < 1.29 is 14.4 Å². The number of amides is 3. The number of nitrogens with one attached hydrogen (secondary N) is 2. The molecule has 2 aliphatic rings. The average Bonchev–Trinajstić information content (AvgIpc) is 3.41. The van der Waals surface area contributed by atoms with Gasteiger partial charge in [0.1, 0.15) is 10.6 Å². The number of aryl methyl sites for hydroxylation is 1. The molecule has 0 bridgehead atoms. The van der Waals surface area contributed by atoms with Crippen molar-refractivity contribution in [2.24, 2.45) is 11.8 Å². The first-order valence-electron chi connectivity index (χ1n) is 11.8. The first-order valence-corrected chi connectivity index (χ1v) is 12.7. The van der Waals surface area contributed by atoms with Gasteiger partial charge in [0.15, 0.2) is 0 Å². The lowest BCUT2D eigenvalue weighted by molar-refractivity contribution is -0.137. The summed E-state index contributed by atoms with van der Waals surface area (Å²) in [6.07, 6.45) is 4.07. The van der Waals surface area contributed by atoms with E-state index in [2.05, 4.69) is 10.6 Å². The zero-order valence-electron chi connectivity index (χ0n) is 19.9. The molecule has 1 heterocycles. The van der Waals surface area contributed by atoms with Crippen LogP contribution in [0.4, 0.5) is 11.4 Å². The fourth-order valence-corrected chi connectivity index (χ4v) is 5.26. The minimum Gasteiger partial charge on any atom is -0.350 e. The summed E-state index contributed by atoms with van der Waals surface area (Å²) in [7, 11) is 0. The molecule has 1 aliphatic carbocycles. The Kier molecular flexibility index (Phi) is 7.41. The number of nitrogens with zero attached hydrogens (tertiary/aromatic N) is 1. The van der Waals surface area contributed by atoms with E-state index < -0.39 is 0 Å². The highest BCUT2D eigenvalue weighted by molar-refractivity contribution is 8.04. The molecule has 1 aliphatic heterocycles. The molecule has 0 unspecified atom stereocenters. The van der Waals surface area contributed by atoms with Crippen molar-refractivity contribution in [1.29, 1.82) is 0 Å². The molecule has 0 aromatic heterocycles. The van der Waals surface area contributed by atoms with Crippen LogP contribution in [-0.2, 0) is 14.4 Å². The van der Waals surface area contributed by atoms with Gasteiger partial charge in [-0.2, -0.15) is 0 Å². The fraction of sp³-hybridized carbons (Fsp3) is 0.370. The molecule has 0 atom stereocenters. The Morgan fingerprint density at radius 1 is 1.03 bits per heavy atom. The first kappa shape index (κ1) is 24.1. The van der Waals surface area contributed by atoms with Crippen molar-refractivity contribution >= 4 is 40.9 Å². The molecule has 7 heteroatoms. The van der Waals surface area contributed by atoms with Gasteiger partial charge in [0.25, 0.3) is 11.8 Å². The van der Waals surface area contributed by atoms with Gasteiger partial charge in [-0.15, -0.1) is 0 Å². The van der Waals surface area contributed by atoms with E-state index in [1.54, 1.807) is 0 Å². The van der Waals surface area contributed by atoms with Crippen LogP contribution < -0.4 is 10.6 Å². The zero-order valence-corrected chi connectivity index (χ0v) is 20.7. The van der Waals surface area contributed by atoms with Crippen LogP contribution in [0.2, 0.25) is 0 Å². The molecule has 2 aromatic carbocycles. The summed E-state index contributed by atoms with van der Waals surface area (Å²) in [6, 6.07) is 15.2. The number of anilines is 2. The van der Waals surface area contributed by atoms with Gasteiger partial charge in [0.2, 0.25) is 5.91 Å². The van der Waals surface area contributed by atoms with Gasteiger partial charge >= 0.3 is 0 Å². The Hall–Kier alpha value is -3.06. The SMILES string of the molecule is Cc1ccc(NC2=C(Sc3cccc(NC(=O)C4CCCC4)c3)C(=O)N(CC(C)C)C2=O)cc1. The minimum absolute atomic E-state index is 0.0517. The van der Waals surface area contributed by atoms with Crippen LogP contribution in [0.1, 0.15) is 45.1 Å². The molecule has 1 fully saturated rings. The van der Waals surface area contributed by atoms with Crippen LogP contribution in [-0.4, -0.2) is 29.2 Å². The van der Waals surface area contributed by atoms with Crippen LogP contribution in [0, 0.1) is 18.8 Å². The summed E-state index contributed by atoms with van der Waals surface area (Å²) in [4.78, 5) is 41.5. The van der Waals surface area contributed by atoms with E-state index in [0.717, 1.165) is 41.8 Å². The van der Waals surface area contributed by atoms with E-state index in [1.165, 1.54) is 16.7 Å². The van der Waals surface area contributed by atoms with Crippen molar-refractivity contribution in [2.75, 3.05) is 17.2 Å². The van der Waals surface area contributed by atoms with Crippen molar-refractivity contribution in [3.63, 3.8) is 0 Å². The van der Waals surface area contributed by atoms with Crippen molar-refractivity contribution in [3.05, 3.63) is 64.7 Å². The quantitative estimate of drug-likeness (QED) is 0.487. The highest BCUT2D eigenvalue weighted by Crippen LogP contribution is 2.37. The molecule has 2 N–H and O–H groups in total. The predicted octanol–water partition coefficient (Wildman–Crippen LogP) is 5.56. The lowest BCUT2D eigenvalue weighted by Crippen LogP contribution is -2.35. The van der Waals surface area contributed by atoms with E-state index in [0.29, 0.717) is 22.8 Å². The molecule has 6 nitrogen and oxygen atoms in total. The predicted molar refractivity (Wildman–Crippen MR) is 136 cm³/mol. The smallest absolute Gasteiger partial charge is 0.278 e. The second-order valence-corrected chi connectivity index (χ2v) is 10.5. The molecular weight excluding hydrogens is 446 g/mol. The Balaban J connectivity index is 1.58. The van der Waals surface area contributed by atoms with E-state index >= 15 is 0 Å². The number of carbonyl (C=O) groups excluding carboxylic acids is 3. The average molecular weight is 478 g/mol. The Labute approximate surface area is 205 Å². The van der Waals surface area contributed by atoms with E-state index in [1.807, 2.05) is 69.3 Å². The lowest BCUT2D eigenvalue weighted by Gasteiger charge is -2.17. The fourth-order valence-electron chi connectivity index (χ4n) is 4.26. The Bertz CT molecular complexity index is 1120. The van der Waals surface area contributed by atoms with E-state index in [4.69, 9.17) is 0 Å². The molecule has 4 rings (SSSR count). The third-order valence-corrected chi connectivity index (χ3v) is 7.11. The van der Waals surface area contributed by atoms with Crippen LogP contribution in [0.15, 0.2) is 64.0 Å². The molecule has 34 heavy (non-hydrogen) atoms. The molecule has 3 amide bonds. The van der Waals surface area contributed by atoms with Crippen LogP contribution in [0.25, 0.3) is 0 Å². The maximum absolute atomic E-state index is 13.3. The third-order valence-electron chi connectivity index (χ3n) is 6.04. The second-order valence-electron chi connectivity index (χ2n) is 9.41. The second kappa shape index (κ2) is 10.5. The molecule has 178 valence electrons. The zero-order chi connectivity index (χ0) is 24.2. The normalized spacial score (nSPS) is 16.6. The molecular formula is C27H31N3O3S. The molecule has 0 saturated heterocycles. The summed E-state index contributed by atoms with van der Waals surface area (Å²) in [5, 5.41) is 6.20. The summed E-state index contributed by atoms with van der Waals surface area (Å²) in [5.74, 6) is -0.322. The topological polar surface area (TPSA) is 78.5 Å². The van der Waals surface area contributed by atoms with Gasteiger partial charge in [-0.1, -0.05) is 62.2 Å². The van der Waals surface area contributed by atoms with Crippen LogP contribution in [0.3, 0.4) is 0 Å². The van der Waals surface area contributed by atoms with Crippen molar-refractivity contribution in [3.8, 4) is 0 Å². The molecule has 1 saturated carbocycles. The van der Waals surface area contributed by atoms with Crippen molar-refractivity contribution in [1.82, 2.24) is 4.90 Å². The van der Waals surface area contributed by atoms with Gasteiger partial charge in [-0.3, -0.25) is 19.3 Å². The highest BCUT2D eigenvalue weighted by Gasteiger charge is 2.39. The van der Waals surface area contributed by atoms with Gasteiger partial charge in [0, 0.05) is 28.7 Å². The monoisotopic (exact) mass is 477 g/mol. The number of imide groups is 1. The van der Waals surface area contributed by atoms with Crippen LogP contribution >= 0.6 is 11.8 Å². The molecule has 0 spiro atoms. The summed E-state index contributed by atoms with van der Waals surface area (Å²) in [6.45, 7) is 6.32. The summed E-state index contributed by atoms with van der Waals surface area (Å²) >= 11 is 1.25. The largest absolute Gasteiger partial charge is 0.350 e.